The van der Waals surface area contributed by atoms with Gasteiger partial charge in [-0.25, -0.2) is 18.1 Å². The first kappa shape index (κ1) is 24.4. The number of hydrogen-bond acceptors (Lipinski definition) is 9. The van der Waals surface area contributed by atoms with Gasteiger partial charge in [0.2, 0.25) is 21.9 Å². The number of amides is 1. The zero-order chi connectivity index (χ0) is 23.0. The van der Waals surface area contributed by atoms with Gasteiger partial charge in [-0.1, -0.05) is 12.1 Å². The van der Waals surface area contributed by atoms with Crippen LogP contribution < -0.4 is 21.1 Å². The molecule has 0 bridgehead atoms. The minimum absolute atomic E-state index is 0.0255. The fraction of sp³-hybridized carbons (Fsp3) is 0.368. The van der Waals surface area contributed by atoms with Crippen molar-refractivity contribution in [3.63, 3.8) is 0 Å². The molecule has 0 unspecified atom stereocenters. The van der Waals surface area contributed by atoms with Gasteiger partial charge in [-0.3, -0.25) is 4.79 Å². The molecular formula is C19H25N7O3S2. The van der Waals surface area contributed by atoms with E-state index in [2.05, 4.69) is 25.3 Å². The molecule has 5 N–H and O–H groups in total. The number of nitrogen functional groups attached to an aromatic ring is 1. The molecule has 0 spiro atoms. The Morgan fingerprint density at radius 2 is 2.10 bits per heavy atom. The van der Waals surface area contributed by atoms with E-state index in [0.29, 0.717) is 17.1 Å². The van der Waals surface area contributed by atoms with Crippen molar-refractivity contribution in [3.8, 4) is 6.07 Å². The van der Waals surface area contributed by atoms with Gasteiger partial charge in [-0.15, -0.1) is 11.8 Å². The van der Waals surface area contributed by atoms with E-state index in [1.165, 1.54) is 11.8 Å². The summed E-state index contributed by atoms with van der Waals surface area (Å²) in [7, 11) is -3.33. The third-order valence-electron chi connectivity index (χ3n) is 4.15. The van der Waals surface area contributed by atoms with Crippen LogP contribution in [0.15, 0.2) is 29.3 Å². The number of nitrogens with two attached hydrogens (primary N) is 1. The normalized spacial score (nSPS) is 12.1. The molecule has 0 radical (unpaired) electrons. The molecular weight excluding hydrogens is 438 g/mol. The van der Waals surface area contributed by atoms with E-state index >= 15 is 0 Å². The second-order valence-corrected chi connectivity index (χ2v) is 9.42. The lowest BCUT2D eigenvalue weighted by Crippen LogP contribution is -2.36. The number of aromatic nitrogens is 2. The molecule has 1 aromatic carbocycles. The van der Waals surface area contributed by atoms with E-state index in [0.717, 1.165) is 11.8 Å². The van der Waals surface area contributed by atoms with E-state index in [1.807, 2.05) is 31.2 Å². The zero-order valence-corrected chi connectivity index (χ0v) is 19.1. The average molecular weight is 464 g/mol. The fourth-order valence-electron chi connectivity index (χ4n) is 2.76. The molecule has 1 aromatic heterocycles. The first-order chi connectivity index (χ1) is 14.6. The summed E-state index contributed by atoms with van der Waals surface area (Å²) in [6.45, 7) is 2.08. The number of aryl methyl sites for hydroxylation is 1. The molecule has 10 nitrogen and oxygen atoms in total. The van der Waals surface area contributed by atoms with Gasteiger partial charge in [0.05, 0.1) is 6.26 Å². The topological polar surface area (TPSA) is 163 Å². The molecule has 0 aliphatic heterocycles. The summed E-state index contributed by atoms with van der Waals surface area (Å²) in [6.07, 6.45) is 3.48. The van der Waals surface area contributed by atoms with Gasteiger partial charge >= 0.3 is 0 Å². The number of thioether (sulfide) groups is 1. The molecule has 0 saturated heterocycles. The number of benzene rings is 1. The fourth-order valence-corrected chi connectivity index (χ4v) is 3.81. The number of sulfonamides is 1. The quantitative estimate of drug-likeness (QED) is 0.233. The van der Waals surface area contributed by atoms with Crippen LogP contribution in [-0.2, 0) is 14.8 Å². The molecule has 1 atom stereocenters. The smallest absolute Gasteiger partial charge is 0.246 e. The van der Waals surface area contributed by atoms with E-state index in [4.69, 9.17) is 5.73 Å². The molecule has 2 rings (SSSR count). The van der Waals surface area contributed by atoms with Gasteiger partial charge in [0, 0.05) is 12.2 Å². The van der Waals surface area contributed by atoms with Crippen molar-refractivity contribution in [2.75, 3.05) is 35.4 Å². The molecule has 1 amide bonds. The van der Waals surface area contributed by atoms with Crippen molar-refractivity contribution in [2.45, 2.75) is 30.8 Å². The Labute approximate surface area is 186 Å². The first-order valence-corrected chi connectivity index (χ1v) is 12.4. The number of nitrogens with one attached hydrogen (secondary N) is 3. The number of carbonyl (C=O) groups excluding carboxylic acids is 1. The zero-order valence-electron chi connectivity index (χ0n) is 17.5. The molecule has 0 aliphatic rings. The van der Waals surface area contributed by atoms with Crippen LogP contribution in [0.25, 0.3) is 0 Å². The molecule has 0 saturated carbocycles. The highest BCUT2D eigenvalue weighted by Crippen LogP contribution is 2.25. The summed E-state index contributed by atoms with van der Waals surface area (Å²) in [6, 6.07) is 8.58. The Balaban J connectivity index is 2.26. The summed E-state index contributed by atoms with van der Waals surface area (Å²) in [5.41, 5.74) is 7.55. The standard InChI is InChI=1S/C19H25N7O3S2/c1-12-6-4-7-13(10-12)23-17(27)15(8-5-9-22-31(3,28)29)24-16-14(11-20)18(30-2)26-19(21)25-16/h4,6-7,10,15,22H,5,8-9H2,1-3H3,(H,23,27)(H3,21,24,25,26)/t15-/m0/s1. The summed E-state index contributed by atoms with van der Waals surface area (Å²) in [5, 5.41) is 15.8. The summed E-state index contributed by atoms with van der Waals surface area (Å²) in [5.74, 6) is -0.223. The van der Waals surface area contributed by atoms with E-state index in [1.54, 1.807) is 12.3 Å². The Kier molecular flexibility index (Phi) is 8.61. The third-order valence-corrected chi connectivity index (χ3v) is 5.56. The predicted octanol–water partition coefficient (Wildman–Crippen LogP) is 1.71. The van der Waals surface area contributed by atoms with Gasteiger partial charge < -0.3 is 16.4 Å². The van der Waals surface area contributed by atoms with Crippen LogP contribution in [0.3, 0.4) is 0 Å². The van der Waals surface area contributed by atoms with E-state index in [-0.39, 0.29) is 36.2 Å². The molecule has 0 aliphatic carbocycles. The van der Waals surface area contributed by atoms with Crippen molar-refractivity contribution in [2.24, 2.45) is 0 Å². The van der Waals surface area contributed by atoms with Gasteiger partial charge in [0.1, 0.15) is 22.7 Å². The largest absolute Gasteiger partial charge is 0.368 e. The van der Waals surface area contributed by atoms with Crippen LogP contribution >= 0.6 is 11.8 Å². The Morgan fingerprint density at radius 1 is 1.35 bits per heavy atom. The molecule has 2 aromatic rings. The maximum atomic E-state index is 13.0. The van der Waals surface area contributed by atoms with Gasteiger partial charge in [-0.2, -0.15) is 10.2 Å². The Hall–Kier alpha value is -2.88. The highest BCUT2D eigenvalue weighted by atomic mass is 32.2. The number of carbonyl (C=O) groups is 1. The average Bonchev–Trinajstić information content (AvgIpc) is 2.68. The lowest BCUT2D eigenvalue weighted by molar-refractivity contribution is -0.117. The van der Waals surface area contributed by atoms with Crippen molar-refractivity contribution in [1.82, 2.24) is 14.7 Å². The van der Waals surface area contributed by atoms with Crippen molar-refractivity contribution >= 4 is 45.1 Å². The summed E-state index contributed by atoms with van der Waals surface area (Å²) in [4.78, 5) is 21.1. The number of nitrogens with zero attached hydrogens (tertiary/aromatic N) is 3. The molecule has 12 heteroatoms. The number of hydrogen-bond donors (Lipinski definition) is 4. The summed E-state index contributed by atoms with van der Waals surface area (Å²) < 4.78 is 25.0. The maximum Gasteiger partial charge on any atom is 0.246 e. The van der Waals surface area contributed by atoms with E-state index < -0.39 is 16.1 Å². The minimum atomic E-state index is -3.33. The second-order valence-electron chi connectivity index (χ2n) is 6.79. The highest BCUT2D eigenvalue weighted by Gasteiger charge is 2.22. The monoisotopic (exact) mass is 463 g/mol. The predicted molar refractivity (Wildman–Crippen MR) is 122 cm³/mol. The van der Waals surface area contributed by atoms with Crippen LogP contribution in [0, 0.1) is 18.3 Å². The third kappa shape index (κ3) is 7.71. The minimum Gasteiger partial charge on any atom is -0.368 e. The van der Waals surface area contributed by atoms with Crippen molar-refractivity contribution in [1.29, 1.82) is 5.26 Å². The number of nitriles is 1. The van der Waals surface area contributed by atoms with Gasteiger partial charge in [0.15, 0.2) is 5.82 Å². The molecule has 166 valence electrons. The number of anilines is 3. The Bertz CT molecular complexity index is 1080. The Morgan fingerprint density at radius 3 is 2.71 bits per heavy atom. The molecule has 0 fully saturated rings. The van der Waals surface area contributed by atoms with Crippen LogP contribution in [0.5, 0.6) is 0 Å². The SMILES string of the molecule is CSc1nc(N)nc(N[C@@H](CCCNS(C)(=O)=O)C(=O)Nc2cccc(C)c2)c1C#N. The van der Waals surface area contributed by atoms with Gasteiger partial charge in [0.25, 0.3) is 0 Å². The lowest BCUT2D eigenvalue weighted by Gasteiger charge is -2.20. The van der Waals surface area contributed by atoms with Crippen LogP contribution in [0.4, 0.5) is 17.5 Å². The maximum absolute atomic E-state index is 13.0. The van der Waals surface area contributed by atoms with Crippen LogP contribution in [-0.4, -0.2) is 49.4 Å². The summed E-state index contributed by atoms with van der Waals surface area (Å²) >= 11 is 1.24. The molecule has 31 heavy (non-hydrogen) atoms. The second kappa shape index (κ2) is 10.9. The van der Waals surface area contributed by atoms with Crippen molar-refractivity contribution < 1.29 is 13.2 Å². The van der Waals surface area contributed by atoms with Crippen LogP contribution in [0.1, 0.15) is 24.0 Å². The number of rotatable bonds is 10. The van der Waals surface area contributed by atoms with Crippen LogP contribution in [0.2, 0.25) is 0 Å². The van der Waals surface area contributed by atoms with Crippen molar-refractivity contribution in [3.05, 3.63) is 35.4 Å². The lowest BCUT2D eigenvalue weighted by atomic mass is 10.1. The molecule has 1 heterocycles. The highest BCUT2D eigenvalue weighted by molar-refractivity contribution is 7.98. The van der Waals surface area contributed by atoms with Gasteiger partial charge in [-0.05, 0) is 43.7 Å². The van der Waals surface area contributed by atoms with E-state index in [9.17, 15) is 18.5 Å². The first-order valence-electron chi connectivity index (χ1n) is 9.33.